The van der Waals surface area contributed by atoms with Crippen LogP contribution < -0.4 is 16.4 Å². The maximum absolute atomic E-state index is 11.3. The Balaban J connectivity index is 2.31. The molecule has 6 nitrogen and oxygen atoms in total. The summed E-state index contributed by atoms with van der Waals surface area (Å²) < 4.78 is 0. The number of rotatable bonds is 3. The van der Waals surface area contributed by atoms with Gasteiger partial charge in [0.05, 0.1) is 11.5 Å². The number of carbonyl (C=O) groups excluding carboxylic acids is 1. The van der Waals surface area contributed by atoms with Gasteiger partial charge in [0.2, 0.25) is 5.91 Å². The van der Waals surface area contributed by atoms with E-state index in [1.54, 1.807) is 18.2 Å². The zero-order valence-corrected chi connectivity index (χ0v) is 11.4. The maximum atomic E-state index is 11.3. The number of piperidine rings is 1. The lowest BCUT2D eigenvalue weighted by Gasteiger charge is -2.38. The van der Waals surface area contributed by atoms with Crippen molar-refractivity contribution in [2.24, 2.45) is 11.7 Å². The van der Waals surface area contributed by atoms with Crippen LogP contribution in [0.25, 0.3) is 0 Å². The van der Waals surface area contributed by atoms with Gasteiger partial charge in [0.25, 0.3) is 0 Å². The molecule has 20 heavy (non-hydrogen) atoms. The van der Waals surface area contributed by atoms with Crippen molar-refractivity contribution in [1.82, 2.24) is 0 Å². The number of amides is 1. The van der Waals surface area contributed by atoms with Crippen molar-refractivity contribution in [2.75, 3.05) is 17.2 Å². The number of aromatic carboxylic acids is 1. The smallest absolute Gasteiger partial charge is 0.337 e. The van der Waals surface area contributed by atoms with E-state index < -0.39 is 5.97 Å². The van der Waals surface area contributed by atoms with E-state index in [0.717, 1.165) is 18.5 Å². The van der Waals surface area contributed by atoms with Gasteiger partial charge in [-0.25, -0.2) is 4.79 Å². The van der Waals surface area contributed by atoms with Crippen LogP contribution in [-0.2, 0) is 4.79 Å². The summed E-state index contributed by atoms with van der Waals surface area (Å²) in [5.41, 5.74) is 12.1. The number of nitrogens with zero attached hydrogens (tertiary/aromatic N) is 1. The molecular formula is C14H19N3O3. The van der Waals surface area contributed by atoms with E-state index in [4.69, 9.17) is 16.6 Å². The Hall–Kier alpha value is -2.24. The Morgan fingerprint density at radius 2 is 2.05 bits per heavy atom. The van der Waals surface area contributed by atoms with Crippen LogP contribution in [0.15, 0.2) is 18.2 Å². The van der Waals surface area contributed by atoms with E-state index >= 15 is 0 Å². The quantitative estimate of drug-likeness (QED) is 0.715. The summed E-state index contributed by atoms with van der Waals surface area (Å²) in [5, 5.41) is 9.12. The van der Waals surface area contributed by atoms with Gasteiger partial charge in [-0.05, 0) is 38.0 Å². The largest absolute Gasteiger partial charge is 0.478 e. The average molecular weight is 277 g/mol. The van der Waals surface area contributed by atoms with Gasteiger partial charge in [-0.1, -0.05) is 0 Å². The molecular weight excluding hydrogens is 258 g/mol. The third-order valence-corrected chi connectivity index (χ3v) is 3.88. The first-order valence-electron chi connectivity index (χ1n) is 6.59. The molecule has 0 aliphatic carbocycles. The number of carboxylic acid groups (broad SMARTS) is 1. The Bertz CT molecular complexity index is 544. The molecule has 5 N–H and O–H groups in total. The highest BCUT2D eigenvalue weighted by Crippen LogP contribution is 2.29. The van der Waals surface area contributed by atoms with E-state index in [1.807, 2.05) is 11.8 Å². The second kappa shape index (κ2) is 5.40. The van der Waals surface area contributed by atoms with Crippen LogP contribution in [-0.4, -0.2) is 29.6 Å². The molecule has 6 heteroatoms. The Morgan fingerprint density at radius 3 is 2.65 bits per heavy atom. The second-order valence-corrected chi connectivity index (χ2v) is 5.25. The van der Waals surface area contributed by atoms with Crippen molar-refractivity contribution in [3.8, 4) is 0 Å². The van der Waals surface area contributed by atoms with Crippen LogP contribution in [0.5, 0.6) is 0 Å². The van der Waals surface area contributed by atoms with Gasteiger partial charge in [0.1, 0.15) is 0 Å². The lowest BCUT2D eigenvalue weighted by Crippen LogP contribution is -2.46. The molecule has 1 aliphatic heterocycles. The molecule has 2 rings (SSSR count). The summed E-state index contributed by atoms with van der Waals surface area (Å²) in [6.45, 7) is 2.56. The highest BCUT2D eigenvalue weighted by molar-refractivity contribution is 5.95. The van der Waals surface area contributed by atoms with Crippen LogP contribution in [0.3, 0.4) is 0 Å². The first kappa shape index (κ1) is 14.2. The first-order valence-corrected chi connectivity index (χ1v) is 6.59. The molecule has 1 aromatic carbocycles. The zero-order chi connectivity index (χ0) is 14.9. The third-order valence-electron chi connectivity index (χ3n) is 3.88. The van der Waals surface area contributed by atoms with E-state index in [0.29, 0.717) is 6.54 Å². The fraction of sp³-hybridized carbons (Fsp3) is 0.429. The first-order chi connectivity index (χ1) is 9.40. The fourth-order valence-electron chi connectivity index (χ4n) is 2.61. The van der Waals surface area contributed by atoms with Crippen molar-refractivity contribution < 1.29 is 14.7 Å². The number of hydrogen-bond acceptors (Lipinski definition) is 4. The number of nitrogen functional groups attached to an aromatic ring is 1. The second-order valence-electron chi connectivity index (χ2n) is 5.25. The number of primary amides is 1. The number of carboxylic acids is 1. The molecule has 1 fully saturated rings. The predicted octanol–water partition coefficient (Wildman–Crippen LogP) is 1.06. The molecule has 0 aromatic heterocycles. The van der Waals surface area contributed by atoms with Gasteiger partial charge in [-0.2, -0.15) is 0 Å². The Kier molecular flexibility index (Phi) is 3.83. The van der Waals surface area contributed by atoms with Crippen LogP contribution in [0.1, 0.15) is 30.1 Å². The molecule has 1 aliphatic rings. The van der Waals surface area contributed by atoms with Crippen LogP contribution in [0, 0.1) is 5.92 Å². The summed E-state index contributed by atoms with van der Waals surface area (Å²) >= 11 is 0. The van der Waals surface area contributed by atoms with Crippen molar-refractivity contribution >= 4 is 23.3 Å². The van der Waals surface area contributed by atoms with Gasteiger partial charge < -0.3 is 21.5 Å². The maximum Gasteiger partial charge on any atom is 0.337 e. The summed E-state index contributed by atoms with van der Waals surface area (Å²) in [4.78, 5) is 24.5. The summed E-state index contributed by atoms with van der Waals surface area (Å²) in [6.07, 6.45) is 1.62. The van der Waals surface area contributed by atoms with Gasteiger partial charge >= 0.3 is 5.97 Å². The zero-order valence-electron chi connectivity index (χ0n) is 11.4. The van der Waals surface area contributed by atoms with Gasteiger partial charge in [0.15, 0.2) is 0 Å². The van der Waals surface area contributed by atoms with E-state index in [2.05, 4.69) is 0 Å². The molecule has 1 aromatic rings. The molecule has 0 bridgehead atoms. The van der Waals surface area contributed by atoms with Crippen LogP contribution in [0.2, 0.25) is 0 Å². The lowest BCUT2D eigenvalue weighted by atomic mass is 9.92. The van der Waals surface area contributed by atoms with Crippen molar-refractivity contribution in [1.29, 1.82) is 0 Å². The molecule has 2 atom stereocenters. The lowest BCUT2D eigenvalue weighted by molar-refractivity contribution is -0.122. The van der Waals surface area contributed by atoms with E-state index in [9.17, 15) is 9.59 Å². The summed E-state index contributed by atoms with van der Waals surface area (Å²) in [7, 11) is 0. The monoisotopic (exact) mass is 277 g/mol. The predicted molar refractivity (Wildman–Crippen MR) is 76.5 cm³/mol. The van der Waals surface area contributed by atoms with Crippen molar-refractivity contribution in [3.05, 3.63) is 23.8 Å². The molecule has 2 unspecified atom stereocenters. The molecule has 0 saturated carbocycles. The fourth-order valence-corrected chi connectivity index (χ4v) is 2.61. The van der Waals surface area contributed by atoms with Gasteiger partial charge in [-0.15, -0.1) is 0 Å². The number of nitrogens with two attached hydrogens (primary N) is 2. The molecule has 1 amide bonds. The molecule has 1 heterocycles. The van der Waals surface area contributed by atoms with Crippen LogP contribution >= 0.6 is 0 Å². The molecule has 0 radical (unpaired) electrons. The molecule has 108 valence electrons. The van der Waals surface area contributed by atoms with Crippen molar-refractivity contribution in [2.45, 2.75) is 25.8 Å². The minimum atomic E-state index is -1.06. The molecule has 0 spiro atoms. The van der Waals surface area contributed by atoms with Crippen molar-refractivity contribution in [3.63, 3.8) is 0 Å². The standard InChI is InChI=1S/C14H19N3O3/c1-8-2-3-9(13(16)18)7-17(8)10-4-5-12(15)11(6-10)14(19)20/h4-6,8-9H,2-3,7,15H2,1H3,(H2,16,18)(H,19,20). The van der Waals surface area contributed by atoms with E-state index in [1.165, 1.54) is 0 Å². The highest BCUT2D eigenvalue weighted by Gasteiger charge is 2.29. The van der Waals surface area contributed by atoms with Gasteiger partial charge in [-0.3, -0.25) is 4.79 Å². The minimum absolute atomic E-state index is 0.0795. The third kappa shape index (κ3) is 2.68. The summed E-state index contributed by atoms with van der Waals surface area (Å²) in [5.74, 6) is -1.56. The van der Waals surface area contributed by atoms with Gasteiger partial charge in [0, 0.05) is 24.0 Å². The highest BCUT2D eigenvalue weighted by atomic mass is 16.4. The summed E-state index contributed by atoms with van der Waals surface area (Å²) in [6, 6.07) is 5.15. The number of hydrogen-bond donors (Lipinski definition) is 3. The minimum Gasteiger partial charge on any atom is -0.478 e. The van der Waals surface area contributed by atoms with E-state index in [-0.39, 0.29) is 29.1 Å². The Morgan fingerprint density at radius 1 is 1.35 bits per heavy atom. The topological polar surface area (TPSA) is 110 Å². The number of anilines is 2. The SMILES string of the molecule is CC1CCC(C(N)=O)CN1c1ccc(N)c(C(=O)O)c1. The Labute approximate surface area is 117 Å². The van der Waals surface area contributed by atoms with Crippen LogP contribution in [0.4, 0.5) is 11.4 Å². The number of benzene rings is 1. The number of carbonyl (C=O) groups is 2. The average Bonchev–Trinajstić information content (AvgIpc) is 2.39. The molecule has 1 saturated heterocycles. The normalized spacial score (nSPS) is 22.6.